The van der Waals surface area contributed by atoms with E-state index in [1.54, 1.807) is 0 Å². The van der Waals surface area contributed by atoms with Crippen LogP contribution in [0.5, 0.6) is 0 Å². The number of nitrogens with one attached hydrogen (secondary N) is 1. The van der Waals surface area contributed by atoms with E-state index in [9.17, 15) is 4.79 Å². The normalized spacial score (nSPS) is 20.3. The molecule has 1 aliphatic heterocycles. The SMILES string of the molecule is CC(N)CCC(=O)N1CCCNCC1. The maximum absolute atomic E-state index is 11.7. The van der Waals surface area contributed by atoms with Crippen molar-refractivity contribution in [2.75, 3.05) is 26.2 Å². The number of amides is 1. The van der Waals surface area contributed by atoms with Crippen LogP contribution in [0, 0.1) is 0 Å². The highest BCUT2D eigenvalue weighted by molar-refractivity contribution is 5.76. The van der Waals surface area contributed by atoms with Crippen molar-refractivity contribution in [2.45, 2.75) is 32.2 Å². The molecular weight excluding hydrogens is 178 g/mol. The monoisotopic (exact) mass is 199 g/mol. The molecule has 0 aromatic carbocycles. The van der Waals surface area contributed by atoms with Crippen LogP contribution in [0.4, 0.5) is 0 Å². The fourth-order valence-electron chi connectivity index (χ4n) is 1.60. The second kappa shape index (κ2) is 5.98. The molecule has 1 unspecified atom stereocenters. The van der Waals surface area contributed by atoms with E-state index in [0.29, 0.717) is 6.42 Å². The van der Waals surface area contributed by atoms with Crippen molar-refractivity contribution in [3.8, 4) is 0 Å². The van der Waals surface area contributed by atoms with E-state index in [4.69, 9.17) is 5.73 Å². The average Bonchev–Trinajstić information content (AvgIpc) is 2.42. The van der Waals surface area contributed by atoms with Gasteiger partial charge in [-0.25, -0.2) is 0 Å². The maximum atomic E-state index is 11.7. The van der Waals surface area contributed by atoms with E-state index in [2.05, 4.69) is 5.32 Å². The van der Waals surface area contributed by atoms with Gasteiger partial charge in [0.2, 0.25) is 5.91 Å². The maximum Gasteiger partial charge on any atom is 0.222 e. The van der Waals surface area contributed by atoms with Gasteiger partial charge in [0.05, 0.1) is 0 Å². The van der Waals surface area contributed by atoms with Gasteiger partial charge in [-0.1, -0.05) is 0 Å². The number of carbonyl (C=O) groups is 1. The van der Waals surface area contributed by atoms with Gasteiger partial charge in [0.15, 0.2) is 0 Å². The lowest BCUT2D eigenvalue weighted by Crippen LogP contribution is -2.34. The molecule has 4 nitrogen and oxygen atoms in total. The highest BCUT2D eigenvalue weighted by Gasteiger charge is 2.14. The lowest BCUT2D eigenvalue weighted by molar-refractivity contribution is -0.131. The molecule has 0 bridgehead atoms. The first-order valence-electron chi connectivity index (χ1n) is 5.44. The molecule has 0 spiro atoms. The summed E-state index contributed by atoms with van der Waals surface area (Å²) in [6.07, 6.45) is 2.45. The van der Waals surface area contributed by atoms with Gasteiger partial charge in [-0.05, 0) is 26.3 Å². The zero-order chi connectivity index (χ0) is 10.4. The lowest BCUT2D eigenvalue weighted by Gasteiger charge is -2.20. The van der Waals surface area contributed by atoms with Gasteiger partial charge in [-0.3, -0.25) is 4.79 Å². The quantitative estimate of drug-likeness (QED) is 0.669. The lowest BCUT2D eigenvalue weighted by atomic mass is 10.2. The third-order valence-corrected chi connectivity index (χ3v) is 2.51. The third-order valence-electron chi connectivity index (χ3n) is 2.51. The molecule has 3 N–H and O–H groups in total. The molecule has 4 heteroatoms. The molecule has 0 aromatic heterocycles. The number of hydrogen-bond donors (Lipinski definition) is 2. The molecule has 1 amide bonds. The van der Waals surface area contributed by atoms with Crippen molar-refractivity contribution in [2.24, 2.45) is 5.73 Å². The Morgan fingerprint density at radius 1 is 1.50 bits per heavy atom. The molecule has 1 atom stereocenters. The van der Waals surface area contributed by atoms with E-state index < -0.39 is 0 Å². The van der Waals surface area contributed by atoms with E-state index >= 15 is 0 Å². The molecule has 82 valence electrons. The van der Waals surface area contributed by atoms with Gasteiger partial charge in [-0.15, -0.1) is 0 Å². The van der Waals surface area contributed by atoms with Crippen molar-refractivity contribution in [3.05, 3.63) is 0 Å². The summed E-state index contributed by atoms with van der Waals surface area (Å²) < 4.78 is 0. The number of nitrogens with two attached hydrogens (primary N) is 1. The van der Waals surface area contributed by atoms with Crippen LogP contribution >= 0.6 is 0 Å². The first kappa shape index (κ1) is 11.5. The van der Waals surface area contributed by atoms with Crippen LogP contribution in [-0.4, -0.2) is 43.0 Å². The van der Waals surface area contributed by atoms with Crippen LogP contribution in [0.2, 0.25) is 0 Å². The number of rotatable bonds is 3. The Bertz CT molecular complexity index is 174. The standard InChI is InChI=1S/C10H21N3O/c1-9(11)3-4-10(14)13-7-2-5-12-6-8-13/h9,12H,2-8,11H2,1H3. The van der Waals surface area contributed by atoms with Crippen LogP contribution < -0.4 is 11.1 Å². The van der Waals surface area contributed by atoms with Gasteiger partial charge < -0.3 is 16.0 Å². The molecule has 1 heterocycles. The van der Waals surface area contributed by atoms with Gasteiger partial charge in [-0.2, -0.15) is 0 Å². The van der Waals surface area contributed by atoms with Gasteiger partial charge in [0, 0.05) is 32.1 Å². The van der Waals surface area contributed by atoms with Crippen molar-refractivity contribution in [1.82, 2.24) is 10.2 Å². The number of hydrogen-bond acceptors (Lipinski definition) is 3. The molecular formula is C10H21N3O. The minimum Gasteiger partial charge on any atom is -0.341 e. The first-order chi connectivity index (χ1) is 6.70. The summed E-state index contributed by atoms with van der Waals surface area (Å²) in [5, 5.41) is 3.28. The van der Waals surface area contributed by atoms with Crippen molar-refractivity contribution in [1.29, 1.82) is 0 Å². The van der Waals surface area contributed by atoms with Gasteiger partial charge >= 0.3 is 0 Å². The van der Waals surface area contributed by atoms with Crippen LogP contribution in [0.15, 0.2) is 0 Å². The number of carbonyl (C=O) groups excluding carboxylic acids is 1. The van der Waals surface area contributed by atoms with E-state index in [0.717, 1.165) is 39.0 Å². The summed E-state index contributed by atoms with van der Waals surface area (Å²) in [5.74, 6) is 0.256. The zero-order valence-corrected chi connectivity index (χ0v) is 8.96. The Hall–Kier alpha value is -0.610. The summed E-state index contributed by atoms with van der Waals surface area (Å²) in [7, 11) is 0. The Kier molecular flexibility index (Phi) is 4.90. The van der Waals surface area contributed by atoms with Gasteiger partial charge in [0.25, 0.3) is 0 Å². The second-order valence-electron chi connectivity index (χ2n) is 4.00. The summed E-state index contributed by atoms with van der Waals surface area (Å²) >= 11 is 0. The molecule has 0 aromatic rings. The van der Waals surface area contributed by atoms with Crippen molar-refractivity contribution in [3.63, 3.8) is 0 Å². The second-order valence-corrected chi connectivity index (χ2v) is 4.00. The Balaban J connectivity index is 2.27. The predicted octanol–water partition coefficient (Wildman–Crippen LogP) is -0.0643. The van der Waals surface area contributed by atoms with Crippen molar-refractivity contribution >= 4 is 5.91 Å². The third kappa shape index (κ3) is 4.07. The van der Waals surface area contributed by atoms with E-state index in [1.165, 1.54) is 0 Å². The molecule has 0 saturated carbocycles. The smallest absolute Gasteiger partial charge is 0.222 e. The fourth-order valence-corrected chi connectivity index (χ4v) is 1.60. The Morgan fingerprint density at radius 2 is 2.29 bits per heavy atom. The molecule has 1 saturated heterocycles. The van der Waals surface area contributed by atoms with Crippen LogP contribution in [0.3, 0.4) is 0 Å². The van der Waals surface area contributed by atoms with Crippen LogP contribution in [-0.2, 0) is 4.79 Å². The minimum absolute atomic E-state index is 0.129. The zero-order valence-electron chi connectivity index (χ0n) is 8.96. The Morgan fingerprint density at radius 3 is 3.00 bits per heavy atom. The summed E-state index contributed by atoms with van der Waals surface area (Å²) in [5.41, 5.74) is 5.62. The summed E-state index contributed by atoms with van der Waals surface area (Å²) in [4.78, 5) is 13.6. The molecule has 1 fully saturated rings. The average molecular weight is 199 g/mol. The van der Waals surface area contributed by atoms with Crippen molar-refractivity contribution < 1.29 is 4.79 Å². The predicted molar refractivity (Wildman–Crippen MR) is 57.0 cm³/mol. The molecule has 14 heavy (non-hydrogen) atoms. The molecule has 0 radical (unpaired) electrons. The summed E-state index contributed by atoms with van der Waals surface area (Å²) in [6, 6.07) is 0.129. The Labute approximate surface area is 85.8 Å². The fraction of sp³-hybridized carbons (Fsp3) is 0.900. The van der Waals surface area contributed by atoms with Crippen LogP contribution in [0.1, 0.15) is 26.2 Å². The highest BCUT2D eigenvalue weighted by atomic mass is 16.2. The van der Waals surface area contributed by atoms with E-state index in [-0.39, 0.29) is 11.9 Å². The topological polar surface area (TPSA) is 58.4 Å². The van der Waals surface area contributed by atoms with E-state index in [1.807, 2.05) is 11.8 Å². The largest absolute Gasteiger partial charge is 0.341 e. The minimum atomic E-state index is 0.129. The molecule has 1 rings (SSSR count). The highest BCUT2D eigenvalue weighted by Crippen LogP contribution is 2.02. The first-order valence-corrected chi connectivity index (χ1v) is 5.44. The van der Waals surface area contributed by atoms with Gasteiger partial charge in [0.1, 0.15) is 0 Å². The molecule has 0 aliphatic carbocycles. The number of nitrogens with zero attached hydrogens (tertiary/aromatic N) is 1. The summed E-state index contributed by atoms with van der Waals surface area (Å²) in [6.45, 7) is 5.63. The van der Waals surface area contributed by atoms with Crippen LogP contribution in [0.25, 0.3) is 0 Å². The molecule has 1 aliphatic rings.